The highest BCUT2D eigenvalue weighted by Crippen LogP contribution is 2.36. The first kappa shape index (κ1) is 27.6. The molecule has 0 aromatic heterocycles. The SMILES string of the molecule is Cc1ccc(NC(=O)c2ccc(C(O)CO)c(C(F)(F)F)c2)cc1C1=CN(C)C(O)C(N2CCOCC2)=C1. The number of benzene rings is 2. The standard InChI is InChI=1S/C27H30F3N3O5/c1-16-3-5-19(31-25(36)17-4-6-20(24(35)15-34)22(11-17)27(28,29)30)13-21(16)18-12-23(26(37)32(2)14-18)33-7-9-38-10-8-33/h3-6,11-14,24,26,34-35,37H,7-10,15H2,1-2H3,(H,31,36). The van der Waals surface area contributed by atoms with E-state index in [2.05, 4.69) is 10.2 Å². The van der Waals surface area contributed by atoms with Gasteiger partial charge in [0, 0.05) is 37.6 Å². The molecule has 1 saturated heterocycles. The summed E-state index contributed by atoms with van der Waals surface area (Å²) in [5, 5.41) is 32.2. The third kappa shape index (κ3) is 5.86. The number of anilines is 1. The van der Waals surface area contributed by atoms with Crippen molar-refractivity contribution in [1.29, 1.82) is 0 Å². The lowest BCUT2D eigenvalue weighted by Gasteiger charge is -2.38. The smallest absolute Gasteiger partial charge is 0.393 e. The summed E-state index contributed by atoms with van der Waals surface area (Å²) >= 11 is 0. The molecule has 0 aliphatic carbocycles. The normalized spacial score (nSPS) is 19.1. The van der Waals surface area contributed by atoms with Gasteiger partial charge < -0.3 is 35.2 Å². The number of allylic oxidation sites excluding steroid dienone is 2. The molecule has 2 unspecified atom stereocenters. The average Bonchev–Trinajstić information content (AvgIpc) is 2.90. The van der Waals surface area contributed by atoms with Crippen molar-refractivity contribution in [3.8, 4) is 0 Å². The van der Waals surface area contributed by atoms with Gasteiger partial charge >= 0.3 is 6.18 Å². The van der Waals surface area contributed by atoms with Crippen LogP contribution in [0.5, 0.6) is 0 Å². The van der Waals surface area contributed by atoms with Crippen LogP contribution in [0.3, 0.4) is 0 Å². The van der Waals surface area contributed by atoms with Gasteiger partial charge in [0.05, 0.1) is 31.1 Å². The van der Waals surface area contributed by atoms with Crippen molar-refractivity contribution in [2.75, 3.05) is 45.3 Å². The average molecular weight is 534 g/mol. The zero-order chi connectivity index (χ0) is 27.6. The minimum Gasteiger partial charge on any atom is -0.393 e. The van der Waals surface area contributed by atoms with Crippen LogP contribution >= 0.6 is 0 Å². The Kier molecular flexibility index (Phi) is 8.12. The number of hydrogen-bond acceptors (Lipinski definition) is 7. The van der Waals surface area contributed by atoms with E-state index in [0.29, 0.717) is 38.1 Å². The van der Waals surface area contributed by atoms with Crippen LogP contribution in [0.4, 0.5) is 18.9 Å². The van der Waals surface area contributed by atoms with E-state index in [0.717, 1.165) is 28.5 Å². The number of nitrogens with one attached hydrogen (secondary N) is 1. The van der Waals surface area contributed by atoms with Gasteiger partial charge in [-0.05, 0) is 59.5 Å². The molecule has 38 heavy (non-hydrogen) atoms. The molecule has 2 aliphatic heterocycles. The van der Waals surface area contributed by atoms with Gasteiger partial charge in [0.25, 0.3) is 5.91 Å². The lowest BCUT2D eigenvalue weighted by atomic mass is 9.96. The molecular formula is C27H30F3N3O5. The van der Waals surface area contributed by atoms with E-state index in [9.17, 15) is 28.2 Å². The van der Waals surface area contributed by atoms with E-state index in [-0.39, 0.29) is 5.56 Å². The van der Waals surface area contributed by atoms with E-state index in [4.69, 9.17) is 9.84 Å². The van der Waals surface area contributed by atoms with Crippen LogP contribution in [0.2, 0.25) is 0 Å². The highest BCUT2D eigenvalue weighted by Gasteiger charge is 2.36. The van der Waals surface area contributed by atoms with Crippen LogP contribution in [0.15, 0.2) is 54.4 Å². The van der Waals surface area contributed by atoms with Gasteiger partial charge in [0.1, 0.15) is 6.10 Å². The molecule has 1 amide bonds. The van der Waals surface area contributed by atoms with Gasteiger partial charge in [-0.1, -0.05) is 12.1 Å². The number of amides is 1. The topological polar surface area (TPSA) is 106 Å². The maximum absolute atomic E-state index is 13.6. The van der Waals surface area contributed by atoms with Gasteiger partial charge in [-0.25, -0.2) is 0 Å². The molecule has 1 fully saturated rings. The van der Waals surface area contributed by atoms with Gasteiger partial charge in [0.15, 0.2) is 6.23 Å². The van der Waals surface area contributed by atoms with Crippen LogP contribution in [0.1, 0.15) is 38.7 Å². The number of rotatable bonds is 6. The van der Waals surface area contributed by atoms with Crippen molar-refractivity contribution in [3.05, 3.63) is 82.2 Å². The first-order valence-electron chi connectivity index (χ1n) is 12.1. The van der Waals surface area contributed by atoms with E-state index < -0.39 is 42.1 Å². The lowest BCUT2D eigenvalue weighted by molar-refractivity contribution is -0.139. The number of alkyl halides is 3. The number of carbonyl (C=O) groups excluding carboxylic acids is 1. The first-order chi connectivity index (χ1) is 18.0. The summed E-state index contributed by atoms with van der Waals surface area (Å²) in [5.74, 6) is -0.759. The van der Waals surface area contributed by atoms with Crippen LogP contribution in [0.25, 0.3) is 5.57 Å². The van der Waals surface area contributed by atoms with Crippen LogP contribution in [-0.4, -0.2) is 77.2 Å². The molecule has 2 atom stereocenters. The molecule has 2 aromatic rings. The fourth-order valence-electron chi connectivity index (χ4n) is 4.54. The molecule has 2 aromatic carbocycles. The Bertz CT molecular complexity index is 1260. The number of hydrogen-bond donors (Lipinski definition) is 4. The number of morpholine rings is 1. The van der Waals surface area contributed by atoms with E-state index >= 15 is 0 Å². The van der Waals surface area contributed by atoms with Crippen molar-refractivity contribution < 1.29 is 38.0 Å². The molecule has 11 heteroatoms. The maximum Gasteiger partial charge on any atom is 0.416 e. The van der Waals surface area contributed by atoms with Gasteiger partial charge in [-0.15, -0.1) is 0 Å². The number of nitrogens with zero attached hydrogens (tertiary/aromatic N) is 2. The van der Waals surface area contributed by atoms with Crippen molar-refractivity contribution in [3.63, 3.8) is 0 Å². The predicted molar refractivity (Wildman–Crippen MR) is 135 cm³/mol. The number of aryl methyl sites for hydroxylation is 1. The molecule has 204 valence electrons. The van der Waals surface area contributed by atoms with Gasteiger partial charge in [-0.3, -0.25) is 4.79 Å². The minimum absolute atomic E-state index is 0.248. The number of ether oxygens (including phenoxy) is 1. The number of aliphatic hydroxyl groups is 3. The Morgan fingerprint density at radius 1 is 1.18 bits per heavy atom. The fourth-order valence-corrected chi connectivity index (χ4v) is 4.54. The molecule has 2 heterocycles. The Hall–Kier alpha value is -3.38. The molecule has 0 radical (unpaired) electrons. The number of halogens is 3. The second kappa shape index (κ2) is 11.2. The van der Waals surface area contributed by atoms with E-state index in [1.807, 2.05) is 13.0 Å². The van der Waals surface area contributed by atoms with E-state index in [1.165, 1.54) is 6.07 Å². The second-order valence-electron chi connectivity index (χ2n) is 9.27. The Morgan fingerprint density at radius 2 is 1.89 bits per heavy atom. The molecule has 4 N–H and O–H groups in total. The summed E-state index contributed by atoms with van der Waals surface area (Å²) in [4.78, 5) is 16.6. The van der Waals surface area contributed by atoms with Crippen LogP contribution in [0, 0.1) is 6.92 Å². The Labute approximate surface area is 218 Å². The quantitative estimate of drug-likeness (QED) is 0.452. The van der Waals surface area contributed by atoms with Gasteiger partial charge in [0.2, 0.25) is 0 Å². The third-order valence-electron chi connectivity index (χ3n) is 6.63. The minimum atomic E-state index is -4.83. The number of likely N-dealkylation sites (N-methyl/N-ethyl adjacent to an activating group) is 1. The summed E-state index contributed by atoms with van der Waals surface area (Å²) in [6.45, 7) is 3.42. The fraction of sp³-hybridized carbons (Fsp3) is 0.370. The maximum atomic E-state index is 13.6. The highest BCUT2D eigenvalue weighted by molar-refractivity contribution is 6.04. The van der Waals surface area contributed by atoms with Crippen molar-refractivity contribution in [1.82, 2.24) is 9.80 Å². The number of carbonyl (C=O) groups is 1. The molecule has 0 spiro atoms. The third-order valence-corrected chi connectivity index (χ3v) is 6.63. The zero-order valence-electron chi connectivity index (χ0n) is 21.0. The van der Waals surface area contributed by atoms with Crippen molar-refractivity contribution in [2.45, 2.75) is 25.4 Å². The first-order valence-corrected chi connectivity index (χ1v) is 12.1. The molecule has 4 rings (SSSR count). The molecule has 0 saturated carbocycles. The van der Waals surface area contributed by atoms with Crippen LogP contribution < -0.4 is 5.32 Å². The summed E-state index contributed by atoms with van der Waals surface area (Å²) in [7, 11) is 1.76. The largest absolute Gasteiger partial charge is 0.416 e. The summed E-state index contributed by atoms with van der Waals surface area (Å²) in [6, 6.07) is 8.00. The van der Waals surface area contributed by atoms with Crippen LogP contribution in [-0.2, 0) is 10.9 Å². The molecule has 8 nitrogen and oxygen atoms in total. The van der Waals surface area contributed by atoms with Gasteiger partial charge in [-0.2, -0.15) is 13.2 Å². The number of aliphatic hydroxyl groups excluding tert-OH is 3. The molecule has 2 aliphatic rings. The summed E-state index contributed by atoms with van der Waals surface area (Å²) < 4.78 is 46.1. The summed E-state index contributed by atoms with van der Waals surface area (Å²) in [5.41, 5.74) is 1.64. The predicted octanol–water partition coefficient (Wildman–Crippen LogP) is 3.11. The molecular weight excluding hydrogens is 503 g/mol. The molecule has 0 bridgehead atoms. The summed E-state index contributed by atoms with van der Waals surface area (Å²) in [6.07, 6.45) is -3.68. The van der Waals surface area contributed by atoms with E-state index in [1.54, 1.807) is 36.3 Å². The van der Waals surface area contributed by atoms with Crippen molar-refractivity contribution >= 4 is 17.2 Å². The second-order valence-corrected chi connectivity index (χ2v) is 9.27. The highest BCUT2D eigenvalue weighted by atomic mass is 19.4. The zero-order valence-corrected chi connectivity index (χ0v) is 21.0. The Balaban J connectivity index is 1.62. The Morgan fingerprint density at radius 3 is 2.55 bits per heavy atom. The van der Waals surface area contributed by atoms with Crippen molar-refractivity contribution in [2.24, 2.45) is 0 Å². The lowest BCUT2D eigenvalue weighted by Crippen LogP contribution is -2.44. The monoisotopic (exact) mass is 533 g/mol.